The molecule has 2 N–H and O–H groups in total. The summed E-state index contributed by atoms with van der Waals surface area (Å²) in [5.41, 5.74) is 2.02. The maximum Gasteiger partial charge on any atom is 0.238 e. The van der Waals surface area contributed by atoms with Gasteiger partial charge in [0.05, 0.1) is 6.54 Å². The first-order valence-electron chi connectivity index (χ1n) is 6.28. The molecule has 0 heterocycles. The zero-order valence-electron chi connectivity index (χ0n) is 11.2. The zero-order chi connectivity index (χ0) is 13.2. The highest BCUT2D eigenvalue weighted by molar-refractivity contribution is 7.98. The molecule has 3 nitrogen and oxygen atoms in total. The minimum atomic E-state index is 0.0190. The number of unbranched alkanes of at least 4 members (excludes halogenated alkanes) is 1. The third-order valence-corrected chi connectivity index (χ3v) is 3.24. The Kier molecular flexibility index (Phi) is 7.53. The number of hydrogen-bond donors (Lipinski definition) is 2. The molecule has 1 rings (SSSR count). The van der Waals surface area contributed by atoms with Crippen molar-refractivity contribution in [3.63, 3.8) is 0 Å². The summed E-state index contributed by atoms with van der Waals surface area (Å²) in [5.74, 6) is 1.21. The highest BCUT2D eigenvalue weighted by atomic mass is 32.2. The van der Waals surface area contributed by atoms with Gasteiger partial charge in [0.15, 0.2) is 0 Å². The summed E-state index contributed by atoms with van der Waals surface area (Å²) in [5, 5.41) is 6.04. The Bertz CT molecular complexity index is 369. The number of rotatable bonds is 8. The number of carbonyl (C=O) groups is 1. The number of thioether (sulfide) groups is 1. The Morgan fingerprint density at radius 3 is 2.89 bits per heavy atom. The number of aryl methyl sites for hydroxylation is 1. The second-order valence-electron chi connectivity index (χ2n) is 4.29. The second-order valence-corrected chi connectivity index (χ2v) is 5.28. The quantitative estimate of drug-likeness (QED) is 0.711. The van der Waals surface area contributed by atoms with Gasteiger partial charge in [0.1, 0.15) is 0 Å². The van der Waals surface area contributed by atoms with Crippen molar-refractivity contribution in [3.05, 3.63) is 29.8 Å². The molecule has 4 heteroatoms. The van der Waals surface area contributed by atoms with Gasteiger partial charge in [-0.1, -0.05) is 12.1 Å². The highest BCUT2D eigenvalue weighted by Crippen LogP contribution is 2.08. The zero-order valence-corrected chi connectivity index (χ0v) is 12.0. The number of hydrogen-bond acceptors (Lipinski definition) is 3. The van der Waals surface area contributed by atoms with Crippen LogP contribution in [0.5, 0.6) is 0 Å². The highest BCUT2D eigenvalue weighted by Gasteiger charge is 2.01. The van der Waals surface area contributed by atoms with Crippen LogP contribution in [0.15, 0.2) is 24.3 Å². The summed E-state index contributed by atoms with van der Waals surface area (Å²) in [6.45, 7) is 3.30. The number of amides is 1. The molecule has 0 atom stereocenters. The predicted molar refractivity (Wildman–Crippen MR) is 80.3 cm³/mol. The Hall–Kier alpha value is -1.00. The SMILES string of the molecule is CSCCCCNCC(=O)Nc1cccc(C)c1. The average molecular weight is 266 g/mol. The molecule has 0 saturated carbocycles. The molecule has 0 aromatic heterocycles. The lowest BCUT2D eigenvalue weighted by Crippen LogP contribution is -2.28. The molecule has 100 valence electrons. The molecule has 18 heavy (non-hydrogen) atoms. The fraction of sp³-hybridized carbons (Fsp3) is 0.500. The summed E-state index contributed by atoms with van der Waals surface area (Å²) < 4.78 is 0. The summed E-state index contributed by atoms with van der Waals surface area (Å²) in [4.78, 5) is 11.6. The van der Waals surface area contributed by atoms with Gasteiger partial charge in [-0.05, 0) is 56.0 Å². The van der Waals surface area contributed by atoms with Crippen LogP contribution in [0.2, 0.25) is 0 Å². The van der Waals surface area contributed by atoms with Gasteiger partial charge in [0.2, 0.25) is 5.91 Å². The Labute approximate surface area is 114 Å². The molecular weight excluding hydrogens is 244 g/mol. The van der Waals surface area contributed by atoms with Gasteiger partial charge in [-0.3, -0.25) is 4.79 Å². The maximum absolute atomic E-state index is 11.6. The fourth-order valence-electron chi connectivity index (χ4n) is 1.63. The van der Waals surface area contributed by atoms with Crippen molar-refractivity contribution in [1.82, 2.24) is 5.32 Å². The molecular formula is C14H22N2OS. The summed E-state index contributed by atoms with van der Waals surface area (Å²) in [7, 11) is 0. The summed E-state index contributed by atoms with van der Waals surface area (Å²) in [6.07, 6.45) is 4.44. The molecule has 0 unspecified atom stereocenters. The van der Waals surface area contributed by atoms with Crippen LogP contribution in [0.25, 0.3) is 0 Å². The van der Waals surface area contributed by atoms with E-state index >= 15 is 0 Å². The topological polar surface area (TPSA) is 41.1 Å². The monoisotopic (exact) mass is 266 g/mol. The maximum atomic E-state index is 11.6. The van der Waals surface area contributed by atoms with Crippen molar-refractivity contribution < 1.29 is 4.79 Å². The van der Waals surface area contributed by atoms with Crippen LogP contribution in [-0.2, 0) is 4.79 Å². The lowest BCUT2D eigenvalue weighted by Gasteiger charge is -2.07. The molecule has 0 saturated heterocycles. The molecule has 0 aliphatic heterocycles. The molecule has 0 radical (unpaired) electrons. The van der Waals surface area contributed by atoms with E-state index in [1.54, 1.807) is 0 Å². The van der Waals surface area contributed by atoms with Crippen molar-refractivity contribution in [3.8, 4) is 0 Å². The second kappa shape index (κ2) is 9.00. The van der Waals surface area contributed by atoms with Gasteiger partial charge < -0.3 is 10.6 Å². The van der Waals surface area contributed by atoms with E-state index in [0.717, 1.165) is 24.2 Å². The Balaban J connectivity index is 2.14. The van der Waals surface area contributed by atoms with Crippen LogP contribution >= 0.6 is 11.8 Å². The van der Waals surface area contributed by atoms with Crippen molar-refractivity contribution >= 4 is 23.4 Å². The van der Waals surface area contributed by atoms with Gasteiger partial charge >= 0.3 is 0 Å². The molecule has 0 aliphatic rings. The number of nitrogens with one attached hydrogen (secondary N) is 2. The standard InChI is InChI=1S/C14H22N2OS/c1-12-6-5-7-13(10-12)16-14(17)11-15-8-3-4-9-18-2/h5-7,10,15H,3-4,8-9,11H2,1-2H3,(H,16,17). The third-order valence-electron chi connectivity index (χ3n) is 2.54. The van der Waals surface area contributed by atoms with Gasteiger partial charge in [-0.2, -0.15) is 11.8 Å². The van der Waals surface area contributed by atoms with Gasteiger partial charge in [-0.25, -0.2) is 0 Å². The van der Waals surface area contributed by atoms with E-state index < -0.39 is 0 Å². The number of anilines is 1. The molecule has 0 fully saturated rings. The van der Waals surface area contributed by atoms with Crippen LogP contribution in [-0.4, -0.2) is 31.0 Å². The first-order chi connectivity index (χ1) is 8.72. The van der Waals surface area contributed by atoms with E-state index in [4.69, 9.17) is 0 Å². The van der Waals surface area contributed by atoms with Crippen LogP contribution in [0.3, 0.4) is 0 Å². The minimum Gasteiger partial charge on any atom is -0.325 e. The van der Waals surface area contributed by atoms with Gasteiger partial charge in [0.25, 0.3) is 0 Å². The number of carbonyl (C=O) groups excluding carboxylic acids is 1. The van der Waals surface area contributed by atoms with Gasteiger partial charge in [-0.15, -0.1) is 0 Å². The van der Waals surface area contributed by atoms with Crippen LogP contribution in [0.4, 0.5) is 5.69 Å². The summed E-state index contributed by atoms with van der Waals surface area (Å²) >= 11 is 1.86. The first-order valence-corrected chi connectivity index (χ1v) is 7.68. The van der Waals surface area contributed by atoms with Crippen LogP contribution in [0, 0.1) is 6.92 Å². The van der Waals surface area contributed by atoms with Crippen molar-refractivity contribution in [1.29, 1.82) is 0 Å². The molecule has 0 bridgehead atoms. The average Bonchev–Trinajstić information content (AvgIpc) is 2.33. The minimum absolute atomic E-state index is 0.0190. The van der Waals surface area contributed by atoms with Crippen molar-refractivity contribution in [2.45, 2.75) is 19.8 Å². The largest absolute Gasteiger partial charge is 0.325 e. The Morgan fingerprint density at radius 1 is 1.33 bits per heavy atom. The molecule has 0 spiro atoms. The first kappa shape index (κ1) is 15.1. The smallest absolute Gasteiger partial charge is 0.238 e. The van der Waals surface area contributed by atoms with E-state index in [9.17, 15) is 4.79 Å². The third kappa shape index (κ3) is 6.67. The molecule has 0 aliphatic carbocycles. The lowest BCUT2D eigenvalue weighted by atomic mass is 10.2. The molecule has 1 aromatic carbocycles. The van der Waals surface area contributed by atoms with Crippen LogP contribution < -0.4 is 10.6 Å². The van der Waals surface area contributed by atoms with E-state index in [-0.39, 0.29) is 5.91 Å². The van der Waals surface area contributed by atoms with Crippen molar-refractivity contribution in [2.75, 3.05) is 30.4 Å². The molecule has 1 aromatic rings. The van der Waals surface area contributed by atoms with E-state index in [0.29, 0.717) is 6.54 Å². The Morgan fingerprint density at radius 2 is 2.17 bits per heavy atom. The lowest BCUT2D eigenvalue weighted by molar-refractivity contribution is -0.115. The number of benzene rings is 1. The van der Waals surface area contributed by atoms with Crippen molar-refractivity contribution in [2.24, 2.45) is 0 Å². The van der Waals surface area contributed by atoms with E-state index in [1.807, 2.05) is 43.0 Å². The van der Waals surface area contributed by atoms with Gasteiger partial charge in [0, 0.05) is 5.69 Å². The molecule has 1 amide bonds. The van der Waals surface area contributed by atoms with E-state index in [1.165, 1.54) is 12.2 Å². The normalized spacial score (nSPS) is 10.3. The predicted octanol–water partition coefficient (Wildman–Crippen LogP) is 2.67. The van der Waals surface area contributed by atoms with E-state index in [2.05, 4.69) is 16.9 Å². The summed E-state index contributed by atoms with van der Waals surface area (Å²) in [6, 6.07) is 7.83. The van der Waals surface area contributed by atoms with Crippen LogP contribution in [0.1, 0.15) is 18.4 Å². The fourth-order valence-corrected chi connectivity index (χ4v) is 2.12.